The molecule has 0 fully saturated rings. The standard InChI is InChI=1S/C57H98O6/c1-4-7-10-13-16-19-22-25-27-28-30-32-35-38-41-44-47-50-56(59)62-53-54(52-61-55(58)49-46-43-40-37-34-31-24-21-18-15-12-9-6-3)63-57(60)51-48-45-42-39-36-33-29-26-23-20-17-14-11-8-5-2/h7,10,16,19-20,23,25,27,30,32,38,41,54H,4-6,8-9,11-15,17-18,21-22,24,26,28-29,31,33-37,39-40,42-53H2,1-3H3/b10-7-,19-16-,23-20-,27-25-,32-30-,41-38-. The first-order chi connectivity index (χ1) is 31.0. The molecular weight excluding hydrogens is 781 g/mol. The van der Waals surface area contributed by atoms with E-state index in [9.17, 15) is 14.4 Å². The van der Waals surface area contributed by atoms with Crippen LogP contribution in [0.4, 0.5) is 0 Å². The second-order valence-corrected chi connectivity index (χ2v) is 17.4. The van der Waals surface area contributed by atoms with E-state index in [0.717, 1.165) is 77.0 Å². The minimum absolute atomic E-state index is 0.0929. The van der Waals surface area contributed by atoms with Gasteiger partial charge in [0.2, 0.25) is 0 Å². The van der Waals surface area contributed by atoms with Crippen LogP contribution >= 0.6 is 0 Å². The van der Waals surface area contributed by atoms with E-state index in [1.54, 1.807) is 0 Å². The highest BCUT2D eigenvalue weighted by atomic mass is 16.6. The lowest BCUT2D eigenvalue weighted by atomic mass is 10.0. The second kappa shape index (κ2) is 51.5. The lowest BCUT2D eigenvalue weighted by Crippen LogP contribution is -2.30. The zero-order valence-corrected chi connectivity index (χ0v) is 41.3. The summed E-state index contributed by atoms with van der Waals surface area (Å²) in [4.78, 5) is 38.0. The summed E-state index contributed by atoms with van der Waals surface area (Å²) in [6, 6.07) is 0. The van der Waals surface area contributed by atoms with Gasteiger partial charge in [0.1, 0.15) is 13.2 Å². The maximum Gasteiger partial charge on any atom is 0.306 e. The Kier molecular flexibility index (Phi) is 48.9. The molecule has 1 atom stereocenters. The highest BCUT2D eigenvalue weighted by Crippen LogP contribution is 2.15. The van der Waals surface area contributed by atoms with Crippen LogP contribution in [-0.2, 0) is 28.6 Å². The van der Waals surface area contributed by atoms with Gasteiger partial charge in [-0.2, -0.15) is 0 Å². The molecule has 362 valence electrons. The van der Waals surface area contributed by atoms with E-state index in [1.165, 1.54) is 128 Å². The van der Waals surface area contributed by atoms with Crippen LogP contribution in [0.3, 0.4) is 0 Å². The molecule has 0 radical (unpaired) electrons. The van der Waals surface area contributed by atoms with Crippen LogP contribution in [0, 0.1) is 0 Å². The fourth-order valence-electron chi connectivity index (χ4n) is 7.24. The Morgan fingerprint density at radius 3 is 1.06 bits per heavy atom. The third-order valence-corrected chi connectivity index (χ3v) is 11.2. The van der Waals surface area contributed by atoms with Crippen LogP contribution in [-0.4, -0.2) is 37.2 Å². The van der Waals surface area contributed by atoms with E-state index in [2.05, 4.69) is 93.7 Å². The van der Waals surface area contributed by atoms with E-state index in [4.69, 9.17) is 14.2 Å². The summed E-state index contributed by atoms with van der Waals surface area (Å²) in [5.74, 6) is -0.954. The Labute approximate surface area is 389 Å². The molecule has 0 saturated carbocycles. The van der Waals surface area contributed by atoms with Crippen molar-refractivity contribution < 1.29 is 28.6 Å². The van der Waals surface area contributed by atoms with Crippen LogP contribution in [0.5, 0.6) is 0 Å². The first-order valence-corrected chi connectivity index (χ1v) is 26.4. The molecule has 0 aromatic carbocycles. The lowest BCUT2D eigenvalue weighted by molar-refractivity contribution is -0.167. The fraction of sp³-hybridized carbons (Fsp3) is 0.737. The molecule has 0 bridgehead atoms. The summed E-state index contributed by atoms with van der Waals surface area (Å²) in [5.41, 5.74) is 0. The third kappa shape index (κ3) is 49.7. The minimum atomic E-state index is -0.798. The van der Waals surface area contributed by atoms with Crippen LogP contribution in [0.2, 0.25) is 0 Å². The molecule has 0 rings (SSSR count). The molecule has 0 heterocycles. The molecule has 6 heteroatoms. The zero-order valence-electron chi connectivity index (χ0n) is 41.3. The van der Waals surface area contributed by atoms with Crippen molar-refractivity contribution in [2.24, 2.45) is 0 Å². The monoisotopic (exact) mass is 879 g/mol. The molecule has 0 aliphatic heterocycles. The van der Waals surface area contributed by atoms with Gasteiger partial charge >= 0.3 is 17.9 Å². The zero-order chi connectivity index (χ0) is 45.8. The average molecular weight is 879 g/mol. The Hall–Kier alpha value is -3.15. The summed E-state index contributed by atoms with van der Waals surface area (Å²) in [7, 11) is 0. The first-order valence-electron chi connectivity index (χ1n) is 26.4. The number of carbonyl (C=O) groups excluding carboxylic acids is 3. The summed E-state index contributed by atoms with van der Waals surface area (Å²) in [6.45, 7) is 6.47. The number of allylic oxidation sites excluding steroid dienone is 12. The van der Waals surface area contributed by atoms with Crippen LogP contribution in [0.15, 0.2) is 72.9 Å². The molecule has 0 N–H and O–H groups in total. The van der Waals surface area contributed by atoms with Crippen molar-refractivity contribution >= 4 is 17.9 Å². The topological polar surface area (TPSA) is 78.9 Å². The SMILES string of the molecule is CC/C=C\C/C=C\C/C=C\C/C=C\C/C=C\CCCC(=O)OCC(COC(=O)CCCCCCCCCCCCCCC)OC(=O)CCCCCCCCC/C=C\CCCCCC. The molecule has 0 aliphatic rings. The highest BCUT2D eigenvalue weighted by molar-refractivity contribution is 5.71. The predicted molar refractivity (Wildman–Crippen MR) is 270 cm³/mol. The number of hydrogen-bond donors (Lipinski definition) is 0. The van der Waals surface area contributed by atoms with Crippen molar-refractivity contribution in [3.8, 4) is 0 Å². The van der Waals surface area contributed by atoms with E-state index >= 15 is 0 Å². The van der Waals surface area contributed by atoms with E-state index in [1.807, 2.05) is 0 Å². The molecular formula is C57H98O6. The third-order valence-electron chi connectivity index (χ3n) is 11.2. The molecule has 0 aliphatic carbocycles. The average Bonchev–Trinajstić information content (AvgIpc) is 3.28. The fourth-order valence-corrected chi connectivity index (χ4v) is 7.24. The summed E-state index contributed by atoms with van der Waals surface area (Å²) >= 11 is 0. The second-order valence-electron chi connectivity index (χ2n) is 17.4. The van der Waals surface area contributed by atoms with E-state index in [0.29, 0.717) is 19.3 Å². The number of carbonyl (C=O) groups is 3. The molecule has 0 spiro atoms. The molecule has 0 amide bonds. The van der Waals surface area contributed by atoms with Gasteiger partial charge in [-0.25, -0.2) is 0 Å². The van der Waals surface area contributed by atoms with Gasteiger partial charge < -0.3 is 14.2 Å². The van der Waals surface area contributed by atoms with Crippen molar-refractivity contribution in [2.45, 2.75) is 258 Å². The highest BCUT2D eigenvalue weighted by Gasteiger charge is 2.19. The van der Waals surface area contributed by atoms with Crippen molar-refractivity contribution in [2.75, 3.05) is 13.2 Å². The molecule has 6 nitrogen and oxygen atoms in total. The number of rotatable bonds is 47. The Bertz CT molecular complexity index is 1190. The number of esters is 3. The predicted octanol–water partition coefficient (Wildman–Crippen LogP) is 17.4. The summed E-state index contributed by atoms with van der Waals surface area (Å²) in [5, 5.41) is 0. The molecule has 0 aromatic heterocycles. The Morgan fingerprint density at radius 2 is 0.635 bits per heavy atom. The molecule has 63 heavy (non-hydrogen) atoms. The van der Waals surface area contributed by atoms with Crippen LogP contribution < -0.4 is 0 Å². The van der Waals surface area contributed by atoms with Gasteiger partial charge in [-0.1, -0.05) is 222 Å². The minimum Gasteiger partial charge on any atom is -0.462 e. The van der Waals surface area contributed by atoms with Crippen LogP contribution in [0.1, 0.15) is 252 Å². The number of hydrogen-bond acceptors (Lipinski definition) is 6. The first kappa shape index (κ1) is 59.9. The summed E-state index contributed by atoms with van der Waals surface area (Å²) in [6.07, 6.45) is 64.6. The van der Waals surface area contributed by atoms with Crippen LogP contribution in [0.25, 0.3) is 0 Å². The van der Waals surface area contributed by atoms with Gasteiger partial charge in [0.05, 0.1) is 0 Å². The Balaban J connectivity index is 4.47. The maximum atomic E-state index is 12.8. The van der Waals surface area contributed by atoms with E-state index in [-0.39, 0.29) is 37.5 Å². The van der Waals surface area contributed by atoms with Gasteiger partial charge in [0.15, 0.2) is 6.10 Å². The molecule has 0 aromatic rings. The maximum absolute atomic E-state index is 12.8. The van der Waals surface area contributed by atoms with Gasteiger partial charge in [0, 0.05) is 19.3 Å². The number of ether oxygens (including phenoxy) is 3. The van der Waals surface area contributed by atoms with Crippen molar-refractivity contribution in [1.29, 1.82) is 0 Å². The van der Waals surface area contributed by atoms with Crippen molar-refractivity contribution in [3.63, 3.8) is 0 Å². The summed E-state index contributed by atoms with van der Waals surface area (Å²) < 4.78 is 16.8. The molecule has 0 saturated heterocycles. The quantitative estimate of drug-likeness (QED) is 0.0262. The van der Waals surface area contributed by atoms with Gasteiger partial charge in [0.25, 0.3) is 0 Å². The molecule has 1 unspecified atom stereocenters. The smallest absolute Gasteiger partial charge is 0.306 e. The van der Waals surface area contributed by atoms with Crippen molar-refractivity contribution in [1.82, 2.24) is 0 Å². The van der Waals surface area contributed by atoms with E-state index < -0.39 is 6.10 Å². The Morgan fingerprint density at radius 1 is 0.333 bits per heavy atom. The lowest BCUT2D eigenvalue weighted by Gasteiger charge is -2.18. The van der Waals surface area contributed by atoms with Gasteiger partial charge in [-0.15, -0.1) is 0 Å². The largest absolute Gasteiger partial charge is 0.462 e. The van der Waals surface area contributed by atoms with Gasteiger partial charge in [-0.3, -0.25) is 14.4 Å². The number of unbranched alkanes of at least 4 members (excludes halogenated alkanes) is 24. The normalized spacial score (nSPS) is 12.6. The van der Waals surface area contributed by atoms with Crippen molar-refractivity contribution in [3.05, 3.63) is 72.9 Å². The van der Waals surface area contributed by atoms with Gasteiger partial charge in [-0.05, 0) is 83.5 Å².